The van der Waals surface area contributed by atoms with E-state index in [1.54, 1.807) is 4.90 Å². The highest BCUT2D eigenvalue weighted by atomic mass is 16.2. The summed E-state index contributed by atoms with van der Waals surface area (Å²) in [6, 6.07) is 5.45. The van der Waals surface area contributed by atoms with Crippen molar-refractivity contribution < 1.29 is 14.4 Å². The van der Waals surface area contributed by atoms with Crippen molar-refractivity contribution in [2.75, 3.05) is 13.1 Å². The zero-order valence-corrected chi connectivity index (χ0v) is 16.7. The molecule has 3 heterocycles. The Labute approximate surface area is 170 Å². The third kappa shape index (κ3) is 3.26. The van der Waals surface area contributed by atoms with Crippen LogP contribution in [0.2, 0.25) is 0 Å². The first-order chi connectivity index (χ1) is 13.9. The summed E-state index contributed by atoms with van der Waals surface area (Å²) in [5.41, 5.74) is 9.47. The Balaban J connectivity index is 1.29. The number of benzene rings is 1. The molecule has 2 saturated heterocycles. The number of hydrogen-bond donors (Lipinski definition) is 2. The zero-order chi connectivity index (χ0) is 20.2. The van der Waals surface area contributed by atoms with Crippen LogP contribution in [0.15, 0.2) is 18.2 Å². The van der Waals surface area contributed by atoms with Crippen LogP contribution in [-0.2, 0) is 22.7 Å². The molecule has 3 atom stereocenters. The Morgan fingerprint density at radius 1 is 1.17 bits per heavy atom. The number of carbonyl (C=O) groups excluding carboxylic acids is 3. The molecule has 0 spiro atoms. The molecule has 1 aromatic rings. The van der Waals surface area contributed by atoms with Gasteiger partial charge in [-0.2, -0.15) is 0 Å². The van der Waals surface area contributed by atoms with Gasteiger partial charge in [-0.15, -0.1) is 0 Å². The second-order valence-corrected chi connectivity index (χ2v) is 9.24. The molecule has 3 N–H and O–H groups in total. The summed E-state index contributed by atoms with van der Waals surface area (Å²) in [5.74, 6) is -0.151. The summed E-state index contributed by atoms with van der Waals surface area (Å²) in [4.78, 5) is 40.5. The quantitative estimate of drug-likeness (QED) is 0.748. The summed E-state index contributed by atoms with van der Waals surface area (Å²) in [6.45, 7) is 3.26. The van der Waals surface area contributed by atoms with E-state index in [0.717, 1.165) is 31.6 Å². The molecule has 5 rings (SSSR count). The molecule has 3 amide bonds. The molecule has 7 nitrogen and oxygen atoms in total. The number of imide groups is 1. The molecule has 7 heteroatoms. The molecule has 1 aromatic carbocycles. The van der Waals surface area contributed by atoms with Gasteiger partial charge in [0.15, 0.2) is 0 Å². The number of fused-ring (bicyclic) bond motifs is 2. The van der Waals surface area contributed by atoms with Gasteiger partial charge in [0.2, 0.25) is 11.8 Å². The highest BCUT2D eigenvalue weighted by Crippen LogP contribution is 2.38. The van der Waals surface area contributed by atoms with E-state index in [4.69, 9.17) is 5.73 Å². The molecule has 1 aliphatic carbocycles. The standard InChI is InChI=1S/C22H28N4O3/c23-22-8-2-1-3-16(22)12-25(13-22)10-14-4-5-17-15(9-14)11-26(21(17)29)18-6-7-19(27)24-20(18)28/h4-5,9,16,18H,1-3,6-8,10-13,23H2,(H,24,27,28)/t16-,18?,22-/m1/s1. The highest BCUT2D eigenvalue weighted by molar-refractivity contribution is 6.05. The number of carbonyl (C=O) groups is 3. The van der Waals surface area contributed by atoms with Gasteiger partial charge in [0, 0.05) is 43.7 Å². The van der Waals surface area contributed by atoms with E-state index in [0.29, 0.717) is 24.4 Å². The van der Waals surface area contributed by atoms with Crippen LogP contribution in [0.1, 0.15) is 60.0 Å². The van der Waals surface area contributed by atoms with Crippen LogP contribution in [0.3, 0.4) is 0 Å². The maximum atomic E-state index is 12.8. The fourth-order valence-electron chi connectivity index (χ4n) is 5.72. The van der Waals surface area contributed by atoms with Gasteiger partial charge in [-0.05, 0) is 42.4 Å². The Hall–Kier alpha value is -2.25. The predicted molar refractivity (Wildman–Crippen MR) is 107 cm³/mol. The van der Waals surface area contributed by atoms with Gasteiger partial charge in [-0.1, -0.05) is 25.0 Å². The zero-order valence-electron chi connectivity index (χ0n) is 16.7. The first-order valence-electron chi connectivity index (χ1n) is 10.7. The van der Waals surface area contributed by atoms with E-state index in [-0.39, 0.29) is 29.7 Å². The minimum Gasteiger partial charge on any atom is -0.324 e. The van der Waals surface area contributed by atoms with Gasteiger partial charge in [0.05, 0.1) is 0 Å². The fraction of sp³-hybridized carbons (Fsp3) is 0.591. The topological polar surface area (TPSA) is 95.7 Å². The summed E-state index contributed by atoms with van der Waals surface area (Å²) in [7, 11) is 0. The number of likely N-dealkylation sites (tertiary alicyclic amines) is 1. The van der Waals surface area contributed by atoms with Crippen LogP contribution >= 0.6 is 0 Å². The average molecular weight is 396 g/mol. The number of piperidine rings is 1. The molecule has 154 valence electrons. The van der Waals surface area contributed by atoms with Gasteiger partial charge in [-0.3, -0.25) is 24.6 Å². The molecule has 0 aromatic heterocycles. The van der Waals surface area contributed by atoms with Crippen LogP contribution in [0, 0.1) is 5.92 Å². The first-order valence-corrected chi connectivity index (χ1v) is 10.7. The van der Waals surface area contributed by atoms with Crippen molar-refractivity contribution in [3.05, 3.63) is 34.9 Å². The number of amides is 3. The molecular formula is C22H28N4O3. The maximum absolute atomic E-state index is 12.8. The molecule has 29 heavy (non-hydrogen) atoms. The lowest BCUT2D eigenvalue weighted by Gasteiger charge is -2.34. The number of nitrogens with zero attached hydrogens (tertiary/aromatic N) is 2. The minimum atomic E-state index is -0.560. The summed E-state index contributed by atoms with van der Waals surface area (Å²) in [6.07, 6.45) is 5.54. The van der Waals surface area contributed by atoms with Crippen molar-refractivity contribution >= 4 is 17.7 Å². The van der Waals surface area contributed by atoms with Crippen LogP contribution in [-0.4, -0.2) is 52.2 Å². The SMILES string of the molecule is N[C@@]12CCCC[C@@H]1CN(Cc1ccc3c(c1)CN(C1CCC(=O)NC1=O)C3=O)C2. The van der Waals surface area contributed by atoms with Crippen molar-refractivity contribution in [3.63, 3.8) is 0 Å². The predicted octanol–water partition coefficient (Wildman–Crippen LogP) is 1.15. The smallest absolute Gasteiger partial charge is 0.255 e. The lowest BCUT2D eigenvalue weighted by molar-refractivity contribution is -0.136. The molecule has 0 radical (unpaired) electrons. The van der Waals surface area contributed by atoms with Crippen molar-refractivity contribution in [1.29, 1.82) is 0 Å². The van der Waals surface area contributed by atoms with Gasteiger partial charge in [0.25, 0.3) is 5.91 Å². The minimum absolute atomic E-state index is 0.0342. The third-order valence-electron chi connectivity index (χ3n) is 7.25. The largest absolute Gasteiger partial charge is 0.324 e. The van der Waals surface area contributed by atoms with Crippen LogP contribution in [0.25, 0.3) is 0 Å². The van der Waals surface area contributed by atoms with Crippen LogP contribution in [0.4, 0.5) is 0 Å². The monoisotopic (exact) mass is 396 g/mol. The van der Waals surface area contributed by atoms with E-state index in [2.05, 4.69) is 16.3 Å². The van der Waals surface area contributed by atoms with E-state index in [1.807, 2.05) is 12.1 Å². The van der Waals surface area contributed by atoms with E-state index in [1.165, 1.54) is 24.8 Å². The molecule has 4 aliphatic rings. The lowest BCUT2D eigenvalue weighted by atomic mass is 9.76. The fourth-order valence-corrected chi connectivity index (χ4v) is 5.72. The molecular weight excluding hydrogens is 368 g/mol. The second kappa shape index (κ2) is 6.92. The van der Waals surface area contributed by atoms with Crippen molar-refractivity contribution in [3.8, 4) is 0 Å². The third-order valence-corrected chi connectivity index (χ3v) is 7.25. The maximum Gasteiger partial charge on any atom is 0.255 e. The van der Waals surface area contributed by atoms with E-state index < -0.39 is 6.04 Å². The molecule has 1 unspecified atom stereocenters. The Morgan fingerprint density at radius 3 is 2.83 bits per heavy atom. The normalized spacial score (nSPS) is 32.3. The van der Waals surface area contributed by atoms with E-state index >= 15 is 0 Å². The van der Waals surface area contributed by atoms with Gasteiger partial charge in [0.1, 0.15) is 6.04 Å². The van der Waals surface area contributed by atoms with Gasteiger partial charge >= 0.3 is 0 Å². The second-order valence-electron chi connectivity index (χ2n) is 9.24. The Bertz CT molecular complexity index is 885. The number of nitrogens with one attached hydrogen (secondary N) is 1. The van der Waals surface area contributed by atoms with Gasteiger partial charge in [-0.25, -0.2) is 0 Å². The number of hydrogen-bond acceptors (Lipinski definition) is 5. The van der Waals surface area contributed by atoms with Gasteiger partial charge < -0.3 is 10.6 Å². The lowest BCUT2D eigenvalue weighted by Crippen LogP contribution is -2.52. The van der Waals surface area contributed by atoms with Crippen molar-refractivity contribution in [2.24, 2.45) is 11.7 Å². The van der Waals surface area contributed by atoms with E-state index in [9.17, 15) is 14.4 Å². The van der Waals surface area contributed by atoms with Crippen LogP contribution in [0.5, 0.6) is 0 Å². The summed E-state index contributed by atoms with van der Waals surface area (Å²) < 4.78 is 0. The summed E-state index contributed by atoms with van der Waals surface area (Å²) in [5, 5.41) is 2.35. The highest BCUT2D eigenvalue weighted by Gasteiger charge is 2.44. The van der Waals surface area contributed by atoms with Crippen molar-refractivity contribution in [1.82, 2.24) is 15.1 Å². The van der Waals surface area contributed by atoms with Crippen LogP contribution < -0.4 is 11.1 Å². The van der Waals surface area contributed by atoms with Crippen molar-refractivity contribution in [2.45, 2.75) is 63.2 Å². The first kappa shape index (κ1) is 18.8. The molecule has 1 saturated carbocycles. The average Bonchev–Trinajstić information content (AvgIpc) is 3.18. The Morgan fingerprint density at radius 2 is 2.03 bits per heavy atom. The molecule has 0 bridgehead atoms. The summed E-state index contributed by atoms with van der Waals surface area (Å²) >= 11 is 0. The number of nitrogens with two attached hydrogens (primary N) is 1. The molecule has 3 aliphatic heterocycles. The number of rotatable bonds is 3. The Kier molecular flexibility index (Phi) is 4.47. The molecule has 3 fully saturated rings.